The summed E-state index contributed by atoms with van der Waals surface area (Å²) in [6, 6.07) is 14.3. The van der Waals surface area contributed by atoms with Gasteiger partial charge in [-0.05, 0) is 18.9 Å². The van der Waals surface area contributed by atoms with Crippen molar-refractivity contribution in [1.29, 1.82) is 0 Å². The largest absolute Gasteiger partial charge is 0.493 e. The van der Waals surface area contributed by atoms with Crippen LogP contribution in [0.5, 0.6) is 23.0 Å². The van der Waals surface area contributed by atoms with Crippen molar-refractivity contribution in [3.8, 4) is 23.0 Å². The lowest BCUT2D eigenvalue weighted by atomic mass is 10.1. The van der Waals surface area contributed by atoms with E-state index in [1.54, 1.807) is 33.5 Å². The van der Waals surface area contributed by atoms with E-state index >= 15 is 0 Å². The maximum absolute atomic E-state index is 12.7. The minimum absolute atomic E-state index is 0.0240. The Bertz CT molecular complexity index is 825. The Balaban J connectivity index is 1.50. The molecule has 1 aliphatic rings. The van der Waals surface area contributed by atoms with Crippen LogP contribution in [0.15, 0.2) is 42.5 Å². The SMILES string of the molecule is COc1cc(OCC(=O)N2CCN(C(C)Cc3ccccc3)CC2)cc(OC)c1OC. The van der Waals surface area contributed by atoms with Crippen LogP contribution < -0.4 is 18.9 Å². The van der Waals surface area contributed by atoms with E-state index in [1.807, 2.05) is 11.0 Å². The number of ether oxygens (including phenoxy) is 4. The Labute approximate surface area is 184 Å². The summed E-state index contributed by atoms with van der Waals surface area (Å²) in [5.41, 5.74) is 1.34. The van der Waals surface area contributed by atoms with Crippen molar-refractivity contribution in [2.24, 2.45) is 0 Å². The van der Waals surface area contributed by atoms with E-state index in [2.05, 4.69) is 36.1 Å². The number of carbonyl (C=O) groups excluding carboxylic acids is 1. The lowest BCUT2D eigenvalue weighted by Crippen LogP contribution is -2.52. The quantitative estimate of drug-likeness (QED) is 0.612. The molecule has 0 radical (unpaired) electrons. The fraction of sp³-hybridized carbons (Fsp3) is 0.458. The Morgan fingerprint density at radius 3 is 2.10 bits per heavy atom. The Morgan fingerprint density at radius 1 is 0.935 bits per heavy atom. The van der Waals surface area contributed by atoms with Gasteiger partial charge in [-0.25, -0.2) is 0 Å². The number of piperazine rings is 1. The molecule has 3 rings (SSSR count). The van der Waals surface area contributed by atoms with Crippen LogP contribution in [0.4, 0.5) is 0 Å². The van der Waals surface area contributed by atoms with Crippen molar-refractivity contribution in [2.45, 2.75) is 19.4 Å². The van der Waals surface area contributed by atoms with Gasteiger partial charge < -0.3 is 23.8 Å². The van der Waals surface area contributed by atoms with Crippen LogP contribution in [0.2, 0.25) is 0 Å². The van der Waals surface area contributed by atoms with Crippen molar-refractivity contribution >= 4 is 5.91 Å². The maximum Gasteiger partial charge on any atom is 0.260 e. The first-order valence-corrected chi connectivity index (χ1v) is 10.5. The topological polar surface area (TPSA) is 60.5 Å². The van der Waals surface area contributed by atoms with Gasteiger partial charge in [0.15, 0.2) is 18.1 Å². The third-order valence-corrected chi connectivity index (χ3v) is 5.66. The minimum atomic E-state index is -0.0296. The van der Waals surface area contributed by atoms with Crippen molar-refractivity contribution < 1.29 is 23.7 Å². The van der Waals surface area contributed by atoms with Crippen LogP contribution in [-0.2, 0) is 11.2 Å². The lowest BCUT2D eigenvalue weighted by Gasteiger charge is -2.38. The number of rotatable bonds is 9. The van der Waals surface area contributed by atoms with Gasteiger partial charge in [0, 0.05) is 44.4 Å². The first kappa shape index (κ1) is 22.7. The van der Waals surface area contributed by atoms with Gasteiger partial charge >= 0.3 is 0 Å². The zero-order chi connectivity index (χ0) is 22.2. The van der Waals surface area contributed by atoms with Gasteiger partial charge in [0.25, 0.3) is 5.91 Å². The van der Waals surface area contributed by atoms with Gasteiger partial charge in [-0.2, -0.15) is 0 Å². The molecule has 168 valence electrons. The molecule has 1 amide bonds. The maximum atomic E-state index is 12.7. The first-order valence-electron chi connectivity index (χ1n) is 10.5. The monoisotopic (exact) mass is 428 g/mol. The molecular formula is C24H32N2O5. The van der Waals surface area contributed by atoms with Gasteiger partial charge in [-0.3, -0.25) is 9.69 Å². The zero-order valence-corrected chi connectivity index (χ0v) is 18.8. The van der Waals surface area contributed by atoms with Gasteiger partial charge in [0.05, 0.1) is 21.3 Å². The molecule has 2 aromatic carbocycles. The Hall–Kier alpha value is -2.93. The molecule has 1 fully saturated rings. The molecule has 0 aliphatic carbocycles. The number of hydrogen-bond acceptors (Lipinski definition) is 6. The van der Waals surface area contributed by atoms with Gasteiger partial charge in [-0.1, -0.05) is 30.3 Å². The van der Waals surface area contributed by atoms with Crippen LogP contribution in [0.3, 0.4) is 0 Å². The third kappa shape index (κ3) is 5.82. The number of hydrogen-bond donors (Lipinski definition) is 0. The molecule has 1 aliphatic heterocycles. The van der Waals surface area contributed by atoms with Crippen molar-refractivity contribution in [3.05, 3.63) is 48.0 Å². The van der Waals surface area contributed by atoms with Crippen LogP contribution in [-0.4, -0.2) is 75.9 Å². The highest BCUT2D eigenvalue weighted by Crippen LogP contribution is 2.40. The molecule has 1 heterocycles. The van der Waals surface area contributed by atoms with Crippen molar-refractivity contribution in [2.75, 3.05) is 54.1 Å². The average Bonchev–Trinajstić information content (AvgIpc) is 2.82. The van der Waals surface area contributed by atoms with Gasteiger partial charge in [0.2, 0.25) is 5.75 Å². The highest BCUT2D eigenvalue weighted by atomic mass is 16.5. The molecular weight excluding hydrogens is 396 g/mol. The number of nitrogens with zero attached hydrogens (tertiary/aromatic N) is 2. The second-order valence-electron chi connectivity index (χ2n) is 7.61. The molecule has 2 aromatic rings. The van der Waals surface area contributed by atoms with E-state index in [4.69, 9.17) is 18.9 Å². The summed E-state index contributed by atoms with van der Waals surface area (Å²) >= 11 is 0. The molecule has 0 N–H and O–H groups in total. The third-order valence-electron chi connectivity index (χ3n) is 5.66. The fourth-order valence-electron chi connectivity index (χ4n) is 3.87. The predicted octanol–water partition coefficient (Wildman–Crippen LogP) is 2.87. The first-order chi connectivity index (χ1) is 15.0. The van der Waals surface area contributed by atoms with Gasteiger partial charge in [-0.15, -0.1) is 0 Å². The van der Waals surface area contributed by atoms with Crippen LogP contribution in [0, 0.1) is 0 Å². The summed E-state index contributed by atoms with van der Waals surface area (Å²) < 4.78 is 21.7. The van der Waals surface area contributed by atoms with Crippen molar-refractivity contribution in [1.82, 2.24) is 9.80 Å². The predicted molar refractivity (Wildman–Crippen MR) is 119 cm³/mol. The molecule has 0 bridgehead atoms. The van der Waals surface area contributed by atoms with Crippen LogP contribution in [0.1, 0.15) is 12.5 Å². The van der Waals surface area contributed by atoms with E-state index in [0.29, 0.717) is 42.1 Å². The Morgan fingerprint density at radius 2 is 1.55 bits per heavy atom. The fourth-order valence-corrected chi connectivity index (χ4v) is 3.87. The zero-order valence-electron chi connectivity index (χ0n) is 18.8. The minimum Gasteiger partial charge on any atom is -0.493 e. The summed E-state index contributed by atoms with van der Waals surface area (Å²) in [5, 5.41) is 0. The number of methoxy groups -OCH3 is 3. The van der Waals surface area contributed by atoms with E-state index in [-0.39, 0.29) is 12.5 Å². The van der Waals surface area contributed by atoms with E-state index in [1.165, 1.54) is 5.56 Å². The summed E-state index contributed by atoms with van der Waals surface area (Å²) in [7, 11) is 4.64. The normalized spacial score (nSPS) is 15.3. The average molecular weight is 429 g/mol. The molecule has 0 aromatic heterocycles. The molecule has 31 heavy (non-hydrogen) atoms. The lowest BCUT2D eigenvalue weighted by molar-refractivity contribution is -0.135. The van der Waals surface area contributed by atoms with E-state index < -0.39 is 0 Å². The Kier molecular flexibility index (Phi) is 8.00. The molecule has 1 unspecified atom stereocenters. The molecule has 7 heteroatoms. The summed E-state index contributed by atoms with van der Waals surface area (Å²) in [4.78, 5) is 17.0. The number of amides is 1. The van der Waals surface area contributed by atoms with E-state index in [9.17, 15) is 4.79 Å². The van der Waals surface area contributed by atoms with Crippen LogP contribution >= 0.6 is 0 Å². The molecule has 7 nitrogen and oxygen atoms in total. The number of benzene rings is 2. The second-order valence-corrected chi connectivity index (χ2v) is 7.61. The smallest absolute Gasteiger partial charge is 0.260 e. The van der Waals surface area contributed by atoms with Crippen LogP contribution in [0.25, 0.3) is 0 Å². The number of carbonyl (C=O) groups is 1. The molecule has 1 atom stereocenters. The van der Waals surface area contributed by atoms with Crippen molar-refractivity contribution in [3.63, 3.8) is 0 Å². The highest BCUT2D eigenvalue weighted by Gasteiger charge is 2.24. The summed E-state index contributed by atoms with van der Waals surface area (Å²) in [6.07, 6.45) is 1.01. The standard InChI is InChI=1S/C24H32N2O5/c1-18(14-19-8-6-5-7-9-19)25-10-12-26(13-11-25)23(27)17-31-20-15-21(28-2)24(30-4)22(16-20)29-3/h5-9,15-16,18H,10-14,17H2,1-4H3. The summed E-state index contributed by atoms with van der Waals surface area (Å²) in [6.45, 7) is 5.36. The molecule has 1 saturated heterocycles. The highest BCUT2D eigenvalue weighted by molar-refractivity contribution is 5.78. The summed E-state index contributed by atoms with van der Waals surface area (Å²) in [5.74, 6) is 1.95. The molecule has 0 saturated carbocycles. The molecule has 0 spiro atoms. The van der Waals surface area contributed by atoms with E-state index in [0.717, 1.165) is 19.5 Å². The second kappa shape index (κ2) is 10.9. The van der Waals surface area contributed by atoms with Gasteiger partial charge in [0.1, 0.15) is 5.75 Å².